The number of ether oxygens (including phenoxy) is 4. The van der Waals surface area contributed by atoms with Crippen molar-refractivity contribution in [2.24, 2.45) is 9.98 Å². The highest BCUT2D eigenvalue weighted by molar-refractivity contribution is 5.88. The van der Waals surface area contributed by atoms with Crippen molar-refractivity contribution in [1.82, 2.24) is 0 Å². The molecule has 0 aliphatic rings. The molecule has 0 saturated heterocycles. The Morgan fingerprint density at radius 1 is 0.526 bits per heavy atom. The molecule has 0 radical (unpaired) electrons. The lowest BCUT2D eigenvalue weighted by molar-refractivity contribution is 0.384. The van der Waals surface area contributed by atoms with Gasteiger partial charge in [-0.25, -0.2) is 0 Å². The fraction of sp³-hybridized carbons (Fsp3) is 0.533. The molecule has 2 aromatic carbocycles. The SMILES string of the molecule is COc1cc(O)c(C=NCCCCCCCCCCCCN=Cc2c(O)cc(OC)cc2OC)c(OC)c1. The van der Waals surface area contributed by atoms with Gasteiger partial charge >= 0.3 is 0 Å². The number of phenols is 2. The molecule has 0 bridgehead atoms. The van der Waals surface area contributed by atoms with Crippen LogP contribution in [0.15, 0.2) is 34.3 Å². The van der Waals surface area contributed by atoms with Gasteiger partial charge in [-0.1, -0.05) is 51.4 Å². The predicted molar refractivity (Wildman–Crippen MR) is 154 cm³/mol. The minimum absolute atomic E-state index is 0.104. The highest BCUT2D eigenvalue weighted by Gasteiger charge is 2.10. The number of hydrogen-bond acceptors (Lipinski definition) is 8. The standard InChI is InChI=1S/C30H44N2O6/c1-35-23-17-27(33)25(29(19-23)37-3)21-31-15-13-11-9-7-5-6-8-10-12-14-16-32-22-26-28(34)18-24(36-2)20-30(26)38-4/h17-22,33-34H,5-16H2,1-4H3. The van der Waals surface area contributed by atoms with Crippen molar-refractivity contribution in [2.45, 2.75) is 64.2 Å². The van der Waals surface area contributed by atoms with Crippen LogP contribution in [0, 0.1) is 0 Å². The maximum atomic E-state index is 10.2. The lowest BCUT2D eigenvalue weighted by Gasteiger charge is -2.09. The molecular weight excluding hydrogens is 484 g/mol. The second-order valence-corrected chi connectivity index (χ2v) is 9.13. The van der Waals surface area contributed by atoms with Gasteiger partial charge in [0, 0.05) is 49.8 Å². The average Bonchev–Trinajstić information content (AvgIpc) is 2.93. The summed E-state index contributed by atoms with van der Waals surface area (Å²) in [6, 6.07) is 6.60. The van der Waals surface area contributed by atoms with Gasteiger partial charge in [-0.15, -0.1) is 0 Å². The topological polar surface area (TPSA) is 102 Å². The zero-order valence-electron chi connectivity index (χ0n) is 23.4. The van der Waals surface area contributed by atoms with Gasteiger partial charge in [0.05, 0.1) is 39.6 Å². The first-order valence-corrected chi connectivity index (χ1v) is 13.4. The van der Waals surface area contributed by atoms with Crippen LogP contribution < -0.4 is 18.9 Å². The van der Waals surface area contributed by atoms with Gasteiger partial charge in [-0.3, -0.25) is 9.98 Å². The van der Waals surface area contributed by atoms with E-state index in [4.69, 9.17) is 18.9 Å². The van der Waals surface area contributed by atoms with E-state index < -0.39 is 0 Å². The first-order valence-electron chi connectivity index (χ1n) is 13.4. The minimum atomic E-state index is 0.104. The molecule has 0 amide bonds. The molecule has 0 aliphatic heterocycles. The van der Waals surface area contributed by atoms with E-state index in [1.165, 1.54) is 38.5 Å². The predicted octanol–water partition coefficient (Wildman–Crippen LogP) is 6.57. The third-order valence-electron chi connectivity index (χ3n) is 6.36. The summed E-state index contributed by atoms with van der Waals surface area (Å²) >= 11 is 0. The van der Waals surface area contributed by atoms with E-state index in [1.807, 2.05) is 0 Å². The first kappa shape index (κ1) is 30.8. The fourth-order valence-electron chi connectivity index (χ4n) is 4.14. The van der Waals surface area contributed by atoms with Crippen molar-refractivity contribution >= 4 is 12.4 Å². The molecule has 0 atom stereocenters. The van der Waals surface area contributed by atoms with Crippen LogP contribution in [0.25, 0.3) is 0 Å². The number of aromatic hydroxyl groups is 2. The van der Waals surface area contributed by atoms with E-state index in [-0.39, 0.29) is 11.5 Å². The second-order valence-electron chi connectivity index (χ2n) is 9.13. The number of hydrogen-bond donors (Lipinski definition) is 2. The highest BCUT2D eigenvalue weighted by Crippen LogP contribution is 2.32. The van der Waals surface area contributed by atoms with Gasteiger partial charge < -0.3 is 29.2 Å². The number of unbranched alkanes of at least 4 members (excludes halogenated alkanes) is 9. The van der Waals surface area contributed by atoms with Crippen molar-refractivity contribution in [3.63, 3.8) is 0 Å². The Kier molecular flexibility index (Phi) is 14.5. The summed E-state index contributed by atoms with van der Waals surface area (Å²) in [4.78, 5) is 8.91. The van der Waals surface area contributed by atoms with E-state index in [1.54, 1.807) is 65.1 Å². The molecule has 0 spiro atoms. The highest BCUT2D eigenvalue weighted by atomic mass is 16.5. The molecule has 0 aliphatic carbocycles. The van der Waals surface area contributed by atoms with Crippen LogP contribution in [0.5, 0.6) is 34.5 Å². The Balaban J connectivity index is 1.49. The zero-order chi connectivity index (χ0) is 27.6. The lowest BCUT2D eigenvalue weighted by Crippen LogP contribution is -1.94. The molecule has 8 nitrogen and oxygen atoms in total. The Hall–Kier alpha value is -3.42. The summed E-state index contributed by atoms with van der Waals surface area (Å²) in [5.74, 6) is 2.41. The smallest absolute Gasteiger partial charge is 0.135 e. The molecule has 2 rings (SSSR count). The number of nitrogens with zero attached hydrogens (tertiary/aromatic N) is 2. The molecule has 0 heterocycles. The number of rotatable bonds is 19. The van der Waals surface area contributed by atoms with Gasteiger partial charge in [0.15, 0.2) is 0 Å². The molecule has 0 aromatic heterocycles. The lowest BCUT2D eigenvalue weighted by atomic mass is 10.1. The van der Waals surface area contributed by atoms with Crippen molar-refractivity contribution in [2.75, 3.05) is 41.5 Å². The Morgan fingerprint density at radius 3 is 1.18 bits per heavy atom. The minimum Gasteiger partial charge on any atom is -0.507 e. The van der Waals surface area contributed by atoms with Crippen molar-refractivity contribution in [3.8, 4) is 34.5 Å². The van der Waals surface area contributed by atoms with Crippen molar-refractivity contribution in [3.05, 3.63) is 35.4 Å². The third kappa shape index (κ3) is 10.5. The van der Waals surface area contributed by atoms with Crippen molar-refractivity contribution in [1.29, 1.82) is 0 Å². The largest absolute Gasteiger partial charge is 0.507 e. The van der Waals surface area contributed by atoms with E-state index in [9.17, 15) is 10.2 Å². The summed E-state index contributed by atoms with van der Waals surface area (Å²) in [5, 5.41) is 20.3. The summed E-state index contributed by atoms with van der Waals surface area (Å²) in [7, 11) is 6.24. The molecular formula is C30H44N2O6. The van der Waals surface area contributed by atoms with E-state index in [0.29, 0.717) is 34.1 Å². The Labute approximate surface area is 227 Å². The molecule has 2 N–H and O–H groups in total. The zero-order valence-corrected chi connectivity index (χ0v) is 23.4. The molecule has 0 fully saturated rings. The van der Waals surface area contributed by atoms with Crippen LogP contribution in [0.3, 0.4) is 0 Å². The number of methoxy groups -OCH3 is 4. The first-order chi connectivity index (χ1) is 18.5. The van der Waals surface area contributed by atoms with E-state index in [2.05, 4.69) is 9.98 Å². The Bertz CT molecular complexity index is 941. The average molecular weight is 529 g/mol. The van der Waals surface area contributed by atoms with Crippen LogP contribution >= 0.6 is 0 Å². The maximum Gasteiger partial charge on any atom is 0.135 e. The fourth-order valence-corrected chi connectivity index (χ4v) is 4.14. The van der Waals surface area contributed by atoms with Gasteiger partial charge in [0.2, 0.25) is 0 Å². The third-order valence-corrected chi connectivity index (χ3v) is 6.36. The quantitative estimate of drug-likeness (QED) is 0.158. The van der Waals surface area contributed by atoms with E-state index >= 15 is 0 Å². The molecule has 0 saturated carbocycles. The van der Waals surface area contributed by atoms with Gasteiger partial charge in [-0.2, -0.15) is 0 Å². The summed E-state index contributed by atoms with van der Waals surface area (Å²) < 4.78 is 21.0. The molecule has 0 unspecified atom stereocenters. The summed E-state index contributed by atoms with van der Waals surface area (Å²) in [6.45, 7) is 1.48. The summed E-state index contributed by atoms with van der Waals surface area (Å²) in [6.07, 6.45) is 15.3. The van der Waals surface area contributed by atoms with Crippen LogP contribution in [0.1, 0.15) is 75.3 Å². The second kappa shape index (κ2) is 17.9. The maximum absolute atomic E-state index is 10.2. The van der Waals surface area contributed by atoms with Gasteiger partial charge in [-0.05, 0) is 12.8 Å². The van der Waals surface area contributed by atoms with Crippen LogP contribution in [-0.4, -0.2) is 64.2 Å². The molecule has 2 aromatic rings. The van der Waals surface area contributed by atoms with Crippen molar-refractivity contribution < 1.29 is 29.2 Å². The van der Waals surface area contributed by atoms with Crippen LogP contribution in [-0.2, 0) is 0 Å². The molecule has 210 valence electrons. The number of aliphatic imine (C=N–C) groups is 2. The summed E-state index contributed by atoms with van der Waals surface area (Å²) in [5.41, 5.74) is 1.16. The van der Waals surface area contributed by atoms with Gasteiger partial charge in [0.25, 0.3) is 0 Å². The number of benzene rings is 2. The Morgan fingerprint density at radius 2 is 0.868 bits per heavy atom. The monoisotopic (exact) mass is 528 g/mol. The van der Waals surface area contributed by atoms with Gasteiger partial charge in [0.1, 0.15) is 34.5 Å². The van der Waals surface area contributed by atoms with Crippen LogP contribution in [0.4, 0.5) is 0 Å². The van der Waals surface area contributed by atoms with E-state index in [0.717, 1.165) is 38.8 Å². The van der Waals surface area contributed by atoms with Crippen LogP contribution in [0.2, 0.25) is 0 Å². The molecule has 8 heteroatoms. The number of phenolic OH excluding ortho intramolecular Hbond substituents is 2. The molecule has 38 heavy (non-hydrogen) atoms. The normalized spacial score (nSPS) is 11.4.